The summed E-state index contributed by atoms with van der Waals surface area (Å²) in [5.74, 6) is 0.464. The van der Waals surface area contributed by atoms with Crippen molar-refractivity contribution in [3.8, 4) is 22.9 Å². The zero-order valence-electron chi connectivity index (χ0n) is 25.8. The number of alkyl halides is 12. The summed E-state index contributed by atoms with van der Waals surface area (Å²) in [5.41, 5.74) is -6.01. The normalized spacial score (nSPS) is 11.9. The number of halogens is 12. The van der Waals surface area contributed by atoms with Crippen molar-refractivity contribution in [1.82, 2.24) is 34.7 Å². The molecule has 0 atom stereocenters. The Bertz CT molecular complexity index is 1920. The average Bonchev–Trinajstić information content (AvgIpc) is 3.83. The van der Waals surface area contributed by atoms with Crippen molar-refractivity contribution in [1.29, 1.82) is 0 Å². The van der Waals surface area contributed by atoms with Crippen LogP contribution in [0.1, 0.15) is 22.3 Å². The minimum absolute atomic E-state index is 0. The maximum absolute atomic E-state index is 12.9. The van der Waals surface area contributed by atoms with Crippen LogP contribution in [0.3, 0.4) is 0 Å². The molecule has 1 radical (unpaired) electrons. The van der Waals surface area contributed by atoms with E-state index in [4.69, 9.17) is 0 Å². The first-order valence-electron chi connectivity index (χ1n) is 13.6. The van der Waals surface area contributed by atoms with Crippen molar-refractivity contribution in [3.63, 3.8) is 0 Å². The van der Waals surface area contributed by atoms with Gasteiger partial charge in [-0.05, 0) is 12.1 Å². The number of hydrogen-bond donors (Lipinski definition) is 0. The van der Waals surface area contributed by atoms with E-state index in [2.05, 4.69) is 38.3 Å². The molecule has 0 fully saturated rings. The Labute approximate surface area is 298 Å². The summed E-state index contributed by atoms with van der Waals surface area (Å²) < 4.78 is 157. The molecule has 0 saturated heterocycles. The second-order valence-corrected chi connectivity index (χ2v) is 9.97. The predicted molar refractivity (Wildman–Crippen MR) is 146 cm³/mol. The molecule has 0 saturated carbocycles. The third-order valence-corrected chi connectivity index (χ3v) is 6.21. The van der Waals surface area contributed by atoms with Crippen LogP contribution in [-0.2, 0) is 58.9 Å². The van der Waals surface area contributed by atoms with Crippen LogP contribution in [0.25, 0.3) is 22.9 Å². The van der Waals surface area contributed by atoms with E-state index < -0.39 is 58.3 Å². The van der Waals surface area contributed by atoms with E-state index >= 15 is 0 Å². The van der Waals surface area contributed by atoms with Gasteiger partial charge in [0.2, 0.25) is 12.7 Å². The molecule has 22 heteroatoms. The average molecular weight is 925 g/mol. The standard InChI is InChI=1S/2C12H7F6N2.C6H4N5.Ir/c2*1-19-4-5-20(7-19)10-3-2-8(11(13,14)15)6-9(10)12(16,17)18;1-2-4-7-5(3-1)6-8-10-11-9-6;/h2*2,4-6H,1H3;1-4H;/q3*-1;. The van der Waals surface area contributed by atoms with E-state index in [1.54, 1.807) is 12.3 Å². The first kappa shape index (κ1) is 41.3. The number of rotatable bonds is 3. The van der Waals surface area contributed by atoms with E-state index in [1.165, 1.54) is 48.0 Å². The fourth-order valence-electron chi connectivity index (χ4n) is 3.93. The van der Waals surface area contributed by atoms with Gasteiger partial charge in [0.25, 0.3) is 0 Å². The van der Waals surface area contributed by atoms with Crippen LogP contribution in [0.5, 0.6) is 0 Å². The van der Waals surface area contributed by atoms with Crippen LogP contribution in [0.4, 0.5) is 52.7 Å². The number of hydrogen-bond acceptors (Lipinski definition) is 4. The molecule has 52 heavy (non-hydrogen) atoms. The van der Waals surface area contributed by atoms with Crippen molar-refractivity contribution >= 4 is 0 Å². The summed E-state index contributed by atoms with van der Waals surface area (Å²) in [6, 6.07) is 10.7. The van der Waals surface area contributed by atoms with Crippen LogP contribution < -0.4 is 14.2 Å². The second kappa shape index (κ2) is 16.1. The van der Waals surface area contributed by atoms with Gasteiger partial charge in [-0.1, -0.05) is 39.7 Å². The topological polar surface area (TPSA) is 83.3 Å². The Morgan fingerprint density at radius 3 is 1.44 bits per heavy atom. The molecule has 4 aromatic heterocycles. The third-order valence-electron chi connectivity index (χ3n) is 6.21. The van der Waals surface area contributed by atoms with E-state index in [1.807, 2.05) is 24.3 Å². The summed E-state index contributed by atoms with van der Waals surface area (Å²) in [4.78, 5) is 4.02. The fourth-order valence-corrected chi connectivity index (χ4v) is 3.93. The van der Waals surface area contributed by atoms with Crippen molar-refractivity contribution in [2.24, 2.45) is 14.1 Å². The van der Waals surface area contributed by atoms with Gasteiger partial charge >= 0.3 is 24.7 Å². The number of aromatic nitrogens is 9. The minimum atomic E-state index is -4.93. The van der Waals surface area contributed by atoms with Crippen molar-refractivity contribution in [3.05, 3.63) is 120 Å². The molecule has 2 aromatic carbocycles. The molecule has 0 unspecified atom stereocenters. The summed E-state index contributed by atoms with van der Waals surface area (Å²) in [6.45, 7) is 0. The van der Waals surface area contributed by atoms with Crippen molar-refractivity contribution in [2.75, 3.05) is 0 Å². The van der Waals surface area contributed by atoms with Gasteiger partial charge < -0.3 is 23.4 Å². The SMILES string of the molecule is C[n+]1[c-]n(-c2[c-]cc(C(F)(F)F)cc2C(F)(F)F)cc1.C[n+]1[c-]n(-c2[c-]cc(C(F)(F)F)cc2C(F)(F)F)cc1.[Ir].c1ccc(-c2nnn[n-]2)nc1. The molecule has 0 N–H and O–H groups in total. The second-order valence-electron chi connectivity index (χ2n) is 9.97. The Hall–Kier alpha value is -5.11. The molecule has 279 valence electrons. The molecule has 6 aromatic rings. The van der Waals surface area contributed by atoms with Gasteiger partial charge in [0.05, 0.1) is 25.6 Å². The van der Waals surface area contributed by atoms with Gasteiger partial charge in [0.15, 0.2) is 0 Å². The largest absolute Gasteiger partial charge is 0.370 e. The van der Waals surface area contributed by atoms with E-state index in [9.17, 15) is 52.7 Å². The van der Waals surface area contributed by atoms with Crippen LogP contribution in [-0.4, -0.2) is 29.6 Å². The molecular formula is C30H18F12IrN9-3. The smallest absolute Gasteiger partial charge is 0.348 e. The monoisotopic (exact) mass is 925 g/mol. The zero-order chi connectivity index (χ0) is 37.8. The Kier molecular flexibility index (Phi) is 12.8. The molecule has 0 spiro atoms. The molecule has 9 nitrogen and oxygen atoms in total. The van der Waals surface area contributed by atoms with Gasteiger partial charge in [-0.25, -0.2) is 0 Å². The van der Waals surface area contributed by atoms with E-state index in [-0.39, 0.29) is 32.2 Å². The molecule has 6 rings (SSSR count). The van der Waals surface area contributed by atoms with Gasteiger partial charge in [0, 0.05) is 51.1 Å². The first-order chi connectivity index (χ1) is 23.6. The van der Waals surface area contributed by atoms with Gasteiger partial charge in [-0.3, -0.25) is 15.3 Å². The van der Waals surface area contributed by atoms with Crippen molar-refractivity contribution < 1.29 is 81.9 Å². The summed E-state index contributed by atoms with van der Waals surface area (Å²) in [6.07, 6.45) is -7.63. The van der Waals surface area contributed by atoms with Crippen molar-refractivity contribution in [2.45, 2.75) is 24.7 Å². The molecule has 4 heterocycles. The van der Waals surface area contributed by atoms with Gasteiger partial charge in [-0.15, -0.1) is 0 Å². The first-order valence-corrected chi connectivity index (χ1v) is 13.6. The molecule has 0 aliphatic rings. The number of imidazole rings is 2. The Balaban J connectivity index is 0.000000217. The molecule has 0 aliphatic heterocycles. The van der Waals surface area contributed by atoms with Crippen LogP contribution in [0, 0.1) is 24.8 Å². The molecule has 0 aliphatic carbocycles. The minimum Gasteiger partial charge on any atom is -0.348 e. The number of tetrazole rings is 1. The van der Waals surface area contributed by atoms with E-state index in [0.717, 1.165) is 9.13 Å². The Morgan fingerprint density at radius 1 is 0.673 bits per heavy atom. The summed E-state index contributed by atoms with van der Waals surface area (Å²) in [5, 5.41) is 14.0. The number of benzene rings is 2. The van der Waals surface area contributed by atoms with E-state index in [0.29, 0.717) is 23.7 Å². The van der Waals surface area contributed by atoms with Gasteiger partial charge in [0.1, 0.15) is 0 Å². The quantitative estimate of drug-likeness (QED) is 0.128. The number of nitrogens with zero attached hydrogens (tertiary/aromatic N) is 9. The van der Waals surface area contributed by atoms with Crippen LogP contribution in [0.2, 0.25) is 0 Å². The van der Waals surface area contributed by atoms with Gasteiger partial charge in [-0.2, -0.15) is 94.3 Å². The maximum atomic E-state index is 12.9. The molecular weight excluding hydrogens is 907 g/mol. The molecule has 0 amide bonds. The van der Waals surface area contributed by atoms with Crippen LogP contribution in [0.15, 0.2) is 73.4 Å². The summed E-state index contributed by atoms with van der Waals surface area (Å²) in [7, 11) is 3.04. The maximum Gasteiger partial charge on any atom is 0.370 e. The Morgan fingerprint density at radius 2 is 1.13 bits per heavy atom. The summed E-state index contributed by atoms with van der Waals surface area (Å²) >= 11 is 0. The third kappa shape index (κ3) is 10.7. The van der Waals surface area contributed by atoms with Crippen LogP contribution >= 0.6 is 0 Å². The zero-order valence-corrected chi connectivity index (χ0v) is 28.2. The number of aryl methyl sites for hydroxylation is 2. The molecule has 0 bridgehead atoms. The number of pyridine rings is 1. The fraction of sp³-hybridized carbons (Fsp3) is 0.200. The predicted octanol–water partition coefficient (Wildman–Crippen LogP) is 5.77.